The molecule has 0 bridgehead atoms. The van der Waals surface area contributed by atoms with Gasteiger partial charge in [0.15, 0.2) is 0 Å². The van der Waals surface area contributed by atoms with Gasteiger partial charge in [-0.25, -0.2) is 4.39 Å². The molecule has 0 saturated carbocycles. The molecule has 1 saturated heterocycles. The van der Waals surface area contributed by atoms with E-state index in [1.165, 1.54) is 0 Å². The normalized spacial score (nSPS) is 24.6. The Kier molecular flexibility index (Phi) is 4.76. The zero-order chi connectivity index (χ0) is 12.1. The molecule has 0 N–H and O–H groups in total. The van der Waals surface area contributed by atoms with Crippen LogP contribution in [0.3, 0.4) is 0 Å². The molecule has 0 aliphatic carbocycles. The first-order valence-corrected chi connectivity index (χ1v) is 6.25. The highest BCUT2D eigenvalue weighted by Gasteiger charge is 2.23. The van der Waals surface area contributed by atoms with Gasteiger partial charge in [0.25, 0.3) is 0 Å². The van der Waals surface area contributed by atoms with Crippen molar-refractivity contribution in [2.24, 2.45) is 0 Å². The molecule has 1 aliphatic rings. The van der Waals surface area contributed by atoms with E-state index in [1.54, 1.807) is 0 Å². The topological polar surface area (TPSA) is 27.7 Å². The summed E-state index contributed by atoms with van der Waals surface area (Å²) in [6.45, 7) is 0.630. The van der Waals surface area contributed by atoms with Crippen molar-refractivity contribution in [2.45, 2.75) is 12.2 Å². The fourth-order valence-electron chi connectivity index (χ4n) is 1.57. The van der Waals surface area contributed by atoms with E-state index >= 15 is 0 Å². The van der Waals surface area contributed by atoms with E-state index in [0.29, 0.717) is 19.8 Å². The maximum absolute atomic E-state index is 12.4. The van der Waals surface area contributed by atoms with Crippen molar-refractivity contribution < 1.29 is 18.6 Å². The Morgan fingerprint density at radius 3 is 2.65 bits per heavy atom. The van der Waals surface area contributed by atoms with Crippen molar-refractivity contribution in [3.63, 3.8) is 0 Å². The van der Waals surface area contributed by atoms with Gasteiger partial charge in [-0.2, -0.15) is 0 Å². The number of benzene rings is 1. The molecule has 0 spiro atoms. The van der Waals surface area contributed by atoms with Gasteiger partial charge >= 0.3 is 0 Å². The molecule has 17 heavy (non-hydrogen) atoms. The first-order valence-electron chi connectivity index (χ1n) is 5.45. The predicted molar refractivity (Wildman–Crippen MR) is 65.1 cm³/mol. The summed E-state index contributed by atoms with van der Waals surface area (Å²) < 4.78 is 29.6. The van der Waals surface area contributed by atoms with Crippen LogP contribution in [-0.4, -0.2) is 38.7 Å². The number of hydrogen-bond donors (Lipinski definition) is 0. The molecule has 0 radical (unpaired) electrons. The fraction of sp³-hybridized carbons (Fsp3) is 0.500. The minimum Gasteiger partial charge on any atom is -0.491 e. The molecule has 1 fully saturated rings. The van der Waals surface area contributed by atoms with Crippen LogP contribution in [-0.2, 0) is 9.47 Å². The second kappa shape index (κ2) is 6.33. The SMILES string of the molecule is FCC1COCC(COc2ccc(Br)cc2)O1. The quantitative estimate of drug-likeness (QED) is 0.856. The largest absolute Gasteiger partial charge is 0.491 e. The first-order chi connectivity index (χ1) is 8.28. The van der Waals surface area contributed by atoms with Gasteiger partial charge in [-0.05, 0) is 24.3 Å². The van der Waals surface area contributed by atoms with Crippen molar-refractivity contribution in [3.05, 3.63) is 28.7 Å². The highest BCUT2D eigenvalue weighted by atomic mass is 79.9. The summed E-state index contributed by atoms with van der Waals surface area (Å²) in [5.41, 5.74) is 0. The second-order valence-corrected chi connectivity index (χ2v) is 4.75. The lowest BCUT2D eigenvalue weighted by Crippen LogP contribution is -2.40. The smallest absolute Gasteiger partial charge is 0.119 e. The molecule has 3 nitrogen and oxygen atoms in total. The molecule has 2 unspecified atom stereocenters. The lowest BCUT2D eigenvalue weighted by Gasteiger charge is -2.28. The Hall–Kier alpha value is -0.650. The van der Waals surface area contributed by atoms with Crippen LogP contribution in [0.25, 0.3) is 0 Å². The van der Waals surface area contributed by atoms with Crippen LogP contribution in [0.15, 0.2) is 28.7 Å². The number of ether oxygens (including phenoxy) is 3. The molecular weight excluding hydrogens is 291 g/mol. The Bertz CT molecular complexity index is 344. The Morgan fingerprint density at radius 1 is 1.24 bits per heavy atom. The Morgan fingerprint density at radius 2 is 1.94 bits per heavy atom. The summed E-state index contributed by atoms with van der Waals surface area (Å²) in [5.74, 6) is 0.763. The monoisotopic (exact) mass is 304 g/mol. The van der Waals surface area contributed by atoms with E-state index in [-0.39, 0.29) is 6.10 Å². The minimum atomic E-state index is -0.519. The molecular formula is C12H14BrFO3. The summed E-state index contributed by atoms with van der Waals surface area (Å²) in [4.78, 5) is 0. The summed E-state index contributed by atoms with van der Waals surface area (Å²) in [7, 11) is 0. The van der Waals surface area contributed by atoms with Crippen molar-refractivity contribution >= 4 is 15.9 Å². The summed E-state index contributed by atoms with van der Waals surface area (Å²) in [6, 6.07) is 7.52. The van der Waals surface area contributed by atoms with E-state index in [2.05, 4.69) is 15.9 Å². The van der Waals surface area contributed by atoms with Crippen LogP contribution in [0.1, 0.15) is 0 Å². The minimum absolute atomic E-state index is 0.201. The Labute approximate surface area is 108 Å². The van der Waals surface area contributed by atoms with Crippen LogP contribution in [0.4, 0.5) is 4.39 Å². The van der Waals surface area contributed by atoms with Crippen LogP contribution in [0.2, 0.25) is 0 Å². The summed E-state index contributed by atoms with van der Waals surface area (Å²) >= 11 is 3.35. The van der Waals surface area contributed by atoms with Crippen molar-refractivity contribution in [1.29, 1.82) is 0 Å². The first kappa shape index (κ1) is 12.8. The number of alkyl halides is 1. The average molecular weight is 305 g/mol. The molecule has 5 heteroatoms. The number of rotatable bonds is 4. The van der Waals surface area contributed by atoms with Gasteiger partial charge in [0.2, 0.25) is 0 Å². The molecule has 2 rings (SSSR count). The maximum atomic E-state index is 12.4. The molecule has 1 aromatic carbocycles. The predicted octanol–water partition coefficient (Wildman–Crippen LogP) is 2.58. The zero-order valence-electron chi connectivity index (χ0n) is 9.27. The van der Waals surface area contributed by atoms with E-state index < -0.39 is 12.8 Å². The molecule has 1 aromatic rings. The van der Waals surface area contributed by atoms with Gasteiger partial charge < -0.3 is 14.2 Å². The Balaban J connectivity index is 1.79. The summed E-state index contributed by atoms with van der Waals surface area (Å²) in [6.07, 6.45) is -0.657. The molecule has 1 heterocycles. The zero-order valence-corrected chi connectivity index (χ0v) is 10.9. The van der Waals surface area contributed by atoms with Gasteiger partial charge in [-0.3, -0.25) is 0 Å². The third-order valence-corrected chi connectivity index (χ3v) is 2.94. The van der Waals surface area contributed by atoms with Crippen LogP contribution in [0.5, 0.6) is 5.75 Å². The average Bonchev–Trinajstić information content (AvgIpc) is 2.38. The number of hydrogen-bond acceptors (Lipinski definition) is 3. The maximum Gasteiger partial charge on any atom is 0.119 e. The lowest BCUT2D eigenvalue weighted by atomic mass is 10.3. The fourth-order valence-corrected chi connectivity index (χ4v) is 1.83. The molecule has 2 atom stereocenters. The van der Waals surface area contributed by atoms with Crippen molar-refractivity contribution in [2.75, 3.05) is 26.5 Å². The van der Waals surface area contributed by atoms with Crippen LogP contribution in [0, 0.1) is 0 Å². The van der Waals surface area contributed by atoms with E-state index in [0.717, 1.165) is 10.2 Å². The highest BCUT2D eigenvalue weighted by molar-refractivity contribution is 9.10. The molecule has 0 aromatic heterocycles. The number of halogens is 2. The third-order valence-electron chi connectivity index (χ3n) is 2.41. The van der Waals surface area contributed by atoms with Crippen LogP contribution < -0.4 is 4.74 Å². The van der Waals surface area contributed by atoms with Gasteiger partial charge in [0, 0.05) is 4.47 Å². The molecule has 94 valence electrons. The van der Waals surface area contributed by atoms with E-state index in [4.69, 9.17) is 14.2 Å². The van der Waals surface area contributed by atoms with Gasteiger partial charge in [0.1, 0.15) is 31.2 Å². The van der Waals surface area contributed by atoms with E-state index in [9.17, 15) is 4.39 Å². The summed E-state index contributed by atoms with van der Waals surface area (Å²) in [5, 5.41) is 0. The third kappa shape index (κ3) is 3.94. The van der Waals surface area contributed by atoms with Crippen LogP contribution >= 0.6 is 15.9 Å². The van der Waals surface area contributed by atoms with Gasteiger partial charge in [-0.1, -0.05) is 15.9 Å². The highest BCUT2D eigenvalue weighted by Crippen LogP contribution is 2.17. The van der Waals surface area contributed by atoms with Gasteiger partial charge in [0.05, 0.1) is 13.2 Å². The van der Waals surface area contributed by atoms with Crippen molar-refractivity contribution in [1.82, 2.24) is 0 Å². The standard InChI is InChI=1S/C12H14BrFO3/c13-9-1-3-10(4-2-9)16-8-12-7-15-6-11(5-14)17-12/h1-4,11-12H,5-8H2. The second-order valence-electron chi connectivity index (χ2n) is 3.84. The molecule has 0 amide bonds. The lowest BCUT2D eigenvalue weighted by molar-refractivity contribution is -0.152. The van der Waals surface area contributed by atoms with E-state index in [1.807, 2.05) is 24.3 Å². The van der Waals surface area contributed by atoms with Crippen molar-refractivity contribution in [3.8, 4) is 5.75 Å². The van der Waals surface area contributed by atoms with Gasteiger partial charge in [-0.15, -0.1) is 0 Å². The molecule has 1 aliphatic heterocycles.